The lowest BCUT2D eigenvalue weighted by Gasteiger charge is -2.17. The first-order valence-electron chi connectivity index (χ1n) is 10.0. The van der Waals surface area contributed by atoms with Crippen LogP contribution in [0.15, 0.2) is 53.4 Å². The molecule has 0 saturated carbocycles. The van der Waals surface area contributed by atoms with Crippen molar-refractivity contribution in [2.24, 2.45) is 0 Å². The molecule has 1 N–H and O–H groups in total. The van der Waals surface area contributed by atoms with E-state index in [1.807, 2.05) is 0 Å². The number of hydrogen-bond acceptors (Lipinski definition) is 9. The maximum Gasteiger partial charge on any atom is 0.243 e. The largest absolute Gasteiger partial charge is 0.494 e. The Labute approximate surface area is 194 Å². The summed E-state index contributed by atoms with van der Waals surface area (Å²) in [5.74, 6) is -0.191. The summed E-state index contributed by atoms with van der Waals surface area (Å²) in [7, 11) is -1.03. The van der Waals surface area contributed by atoms with E-state index in [-0.39, 0.29) is 23.4 Å². The molecule has 0 radical (unpaired) electrons. The van der Waals surface area contributed by atoms with Crippen LogP contribution in [-0.4, -0.2) is 53.1 Å². The fourth-order valence-electron chi connectivity index (χ4n) is 3.34. The summed E-state index contributed by atoms with van der Waals surface area (Å²) in [6.07, 6.45) is 3.43. The Balaban J connectivity index is 1.76. The van der Waals surface area contributed by atoms with Gasteiger partial charge in [0.25, 0.3) is 0 Å². The number of ether oxygens (including phenoxy) is 2. The summed E-state index contributed by atoms with van der Waals surface area (Å²) in [5, 5.41) is 8.18. The smallest absolute Gasteiger partial charge is 0.243 e. The highest BCUT2D eigenvalue weighted by Crippen LogP contribution is 2.37. The van der Waals surface area contributed by atoms with Crippen molar-refractivity contribution in [3.05, 3.63) is 60.6 Å². The van der Waals surface area contributed by atoms with E-state index in [9.17, 15) is 12.8 Å². The van der Waals surface area contributed by atoms with Crippen molar-refractivity contribution in [1.82, 2.24) is 24.7 Å². The summed E-state index contributed by atoms with van der Waals surface area (Å²) in [5.41, 5.74) is 0.372. The third-order valence-electron chi connectivity index (χ3n) is 4.83. The molecule has 0 unspecified atom stereocenters. The van der Waals surface area contributed by atoms with Crippen molar-refractivity contribution in [1.29, 1.82) is 0 Å². The highest BCUT2D eigenvalue weighted by Gasteiger charge is 2.27. The summed E-state index contributed by atoms with van der Waals surface area (Å²) in [6.45, 7) is 1.62. The van der Waals surface area contributed by atoms with E-state index in [0.717, 1.165) is 12.4 Å². The fraction of sp³-hybridized carbons (Fsp3) is 0.238. The number of nitrogens with one attached hydrogen (secondary N) is 1. The molecule has 4 rings (SSSR count). The van der Waals surface area contributed by atoms with Gasteiger partial charge in [-0.25, -0.2) is 22.8 Å². The molecular formula is C21H21FN6O5S. The Morgan fingerprint density at radius 2 is 1.76 bits per heavy atom. The molecule has 3 aromatic heterocycles. The molecule has 34 heavy (non-hydrogen) atoms. The number of rotatable bonds is 9. The molecule has 3 heterocycles. The van der Waals surface area contributed by atoms with Crippen LogP contribution in [-0.2, 0) is 10.0 Å². The molecule has 0 saturated heterocycles. The van der Waals surface area contributed by atoms with E-state index in [4.69, 9.17) is 13.9 Å². The predicted octanol–water partition coefficient (Wildman–Crippen LogP) is 3.02. The van der Waals surface area contributed by atoms with Gasteiger partial charge in [0.05, 0.1) is 38.6 Å². The van der Waals surface area contributed by atoms with Crippen molar-refractivity contribution < 1.29 is 26.7 Å². The van der Waals surface area contributed by atoms with Crippen LogP contribution in [0.4, 0.5) is 10.3 Å². The van der Waals surface area contributed by atoms with Gasteiger partial charge in [-0.2, -0.15) is 0 Å². The molecule has 178 valence electrons. The number of methoxy groups -OCH3 is 2. The van der Waals surface area contributed by atoms with E-state index in [2.05, 4.69) is 24.9 Å². The van der Waals surface area contributed by atoms with Crippen LogP contribution < -0.4 is 14.2 Å². The van der Waals surface area contributed by atoms with Gasteiger partial charge in [-0.3, -0.25) is 9.29 Å². The van der Waals surface area contributed by atoms with E-state index >= 15 is 0 Å². The number of anilines is 1. The van der Waals surface area contributed by atoms with Gasteiger partial charge in [0.1, 0.15) is 23.0 Å². The lowest BCUT2D eigenvalue weighted by Crippen LogP contribution is -2.23. The zero-order valence-electron chi connectivity index (χ0n) is 18.5. The van der Waals surface area contributed by atoms with Gasteiger partial charge >= 0.3 is 0 Å². The van der Waals surface area contributed by atoms with Crippen LogP contribution in [0.3, 0.4) is 0 Å². The van der Waals surface area contributed by atoms with Crippen LogP contribution in [0.25, 0.3) is 17.3 Å². The number of aromatic nitrogens is 5. The second kappa shape index (κ2) is 9.47. The van der Waals surface area contributed by atoms with Crippen molar-refractivity contribution >= 4 is 16.0 Å². The Morgan fingerprint density at radius 3 is 2.35 bits per heavy atom. The van der Waals surface area contributed by atoms with Crippen molar-refractivity contribution in [3.8, 4) is 28.8 Å². The number of halogens is 1. The average Bonchev–Trinajstić information content (AvgIpc) is 3.48. The maximum atomic E-state index is 13.1. The molecule has 11 nitrogen and oxygen atoms in total. The Morgan fingerprint density at radius 1 is 1.09 bits per heavy atom. The standard InChI is InChI=1S/C21H21FN6O5S/c1-13(19-23-10-14(22)11-24-19)12-34(29,30)27-21-26-25-20(17-8-5-9-33-17)28(21)18-15(31-2)6-4-7-16(18)32-3/h4-11,13H,12H2,1-3H3,(H,26,27)/t13-/m1/s1. The number of nitrogens with zero attached hydrogens (tertiary/aromatic N) is 5. The van der Waals surface area contributed by atoms with Crippen LogP contribution in [0.2, 0.25) is 0 Å². The third-order valence-corrected chi connectivity index (χ3v) is 6.26. The van der Waals surface area contributed by atoms with Crippen molar-refractivity contribution in [2.45, 2.75) is 12.8 Å². The molecule has 0 fully saturated rings. The van der Waals surface area contributed by atoms with E-state index in [0.29, 0.717) is 22.9 Å². The molecule has 0 aliphatic rings. The first-order valence-corrected chi connectivity index (χ1v) is 11.7. The number of benzene rings is 1. The SMILES string of the molecule is COc1cccc(OC)c1-n1c(NS(=O)(=O)C[C@@H](C)c2ncc(F)cn2)nnc1-c1ccco1. The fourth-order valence-corrected chi connectivity index (χ4v) is 4.64. The summed E-state index contributed by atoms with van der Waals surface area (Å²) in [6, 6.07) is 8.44. The summed E-state index contributed by atoms with van der Waals surface area (Å²) >= 11 is 0. The highest BCUT2D eigenvalue weighted by atomic mass is 32.2. The summed E-state index contributed by atoms with van der Waals surface area (Å²) < 4.78 is 59.5. The molecule has 0 spiro atoms. The minimum atomic E-state index is -3.98. The van der Waals surface area contributed by atoms with Gasteiger partial charge in [0.2, 0.25) is 21.8 Å². The molecule has 0 amide bonds. The monoisotopic (exact) mass is 488 g/mol. The highest BCUT2D eigenvalue weighted by molar-refractivity contribution is 7.92. The van der Waals surface area contributed by atoms with Gasteiger partial charge in [0.15, 0.2) is 11.6 Å². The first-order chi connectivity index (χ1) is 16.3. The number of furan rings is 1. The molecule has 1 atom stereocenters. The van der Waals surface area contributed by atoms with Gasteiger partial charge in [-0.05, 0) is 24.3 Å². The number of para-hydroxylation sites is 1. The third kappa shape index (κ3) is 4.69. The second-order valence-corrected chi connectivity index (χ2v) is 8.98. The molecule has 0 bridgehead atoms. The lowest BCUT2D eigenvalue weighted by molar-refractivity contribution is 0.391. The average molecular weight is 489 g/mol. The molecule has 1 aromatic carbocycles. The minimum absolute atomic E-state index is 0.110. The predicted molar refractivity (Wildman–Crippen MR) is 120 cm³/mol. The Bertz CT molecular complexity index is 1350. The van der Waals surface area contributed by atoms with Crippen LogP contribution >= 0.6 is 0 Å². The minimum Gasteiger partial charge on any atom is -0.494 e. The van der Waals surface area contributed by atoms with E-state index in [1.165, 1.54) is 25.0 Å². The normalized spacial score (nSPS) is 12.4. The first kappa shape index (κ1) is 23.2. The van der Waals surface area contributed by atoms with Crippen LogP contribution in [0.1, 0.15) is 18.7 Å². The van der Waals surface area contributed by atoms with E-state index in [1.54, 1.807) is 37.3 Å². The summed E-state index contributed by atoms with van der Waals surface area (Å²) in [4.78, 5) is 7.72. The topological polar surface area (TPSA) is 134 Å². The number of sulfonamides is 1. The Hall–Kier alpha value is -4.00. The van der Waals surface area contributed by atoms with Crippen molar-refractivity contribution in [2.75, 3.05) is 24.7 Å². The molecule has 4 aromatic rings. The molecular weight excluding hydrogens is 467 g/mol. The maximum absolute atomic E-state index is 13.1. The van der Waals surface area contributed by atoms with Crippen molar-refractivity contribution in [3.63, 3.8) is 0 Å². The zero-order valence-corrected chi connectivity index (χ0v) is 19.3. The van der Waals surface area contributed by atoms with Gasteiger partial charge in [-0.15, -0.1) is 10.2 Å². The molecule has 0 aliphatic heterocycles. The zero-order chi connectivity index (χ0) is 24.3. The van der Waals surface area contributed by atoms with E-state index < -0.39 is 21.8 Å². The lowest BCUT2D eigenvalue weighted by atomic mass is 10.2. The Kier molecular flexibility index (Phi) is 6.45. The van der Waals surface area contributed by atoms with Crippen LogP contribution in [0, 0.1) is 5.82 Å². The number of hydrogen-bond donors (Lipinski definition) is 1. The quantitative estimate of drug-likeness (QED) is 0.377. The van der Waals surface area contributed by atoms with Gasteiger partial charge < -0.3 is 13.9 Å². The molecule has 0 aliphatic carbocycles. The van der Waals surface area contributed by atoms with Gasteiger partial charge in [-0.1, -0.05) is 13.0 Å². The molecule has 13 heteroatoms. The van der Waals surface area contributed by atoms with Crippen LogP contribution in [0.5, 0.6) is 11.5 Å². The van der Waals surface area contributed by atoms with Gasteiger partial charge in [0, 0.05) is 5.92 Å². The second-order valence-electron chi connectivity index (χ2n) is 7.22.